The van der Waals surface area contributed by atoms with E-state index in [2.05, 4.69) is 15.7 Å². The minimum absolute atomic E-state index is 0.201. The molecule has 1 aromatic heterocycles. The van der Waals surface area contributed by atoms with E-state index in [1.165, 1.54) is 6.07 Å². The quantitative estimate of drug-likeness (QED) is 0.442. The second kappa shape index (κ2) is 10.3. The molecular formula is C26H22N4O4. The molecule has 0 atom stereocenters. The van der Waals surface area contributed by atoms with Crippen molar-refractivity contribution in [2.45, 2.75) is 6.92 Å². The average molecular weight is 454 g/mol. The Morgan fingerprint density at radius 2 is 1.53 bits per heavy atom. The fourth-order valence-electron chi connectivity index (χ4n) is 3.26. The molecule has 0 bridgehead atoms. The molecule has 2 amide bonds. The number of aromatic nitrogens is 2. The zero-order chi connectivity index (χ0) is 23.9. The highest BCUT2D eigenvalue weighted by Gasteiger charge is 2.16. The van der Waals surface area contributed by atoms with E-state index >= 15 is 0 Å². The van der Waals surface area contributed by atoms with Crippen LogP contribution < -0.4 is 20.8 Å². The van der Waals surface area contributed by atoms with Crippen LogP contribution in [0.25, 0.3) is 5.69 Å². The van der Waals surface area contributed by atoms with Crippen molar-refractivity contribution in [1.29, 1.82) is 0 Å². The van der Waals surface area contributed by atoms with E-state index < -0.39 is 11.3 Å². The van der Waals surface area contributed by atoms with Crippen molar-refractivity contribution in [2.24, 2.45) is 0 Å². The summed E-state index contributed by atoms with van der Waals surface area (Å²) in [5.74, 6) is -0.570. The molecule has 0 saturated heterocycles. The summed E-state index contributed by atoms with van der Waals surface area (Å²) in [6, 6.07) is 26.2. The van der Waals surface area contributed by atoms with Crippen LogP contribution in [-0.2, 0) is 4.79 Å². The number of aryl methyl sites for hydroxylation is 1. The lowest BCUT2D eigenvalue weighted by Crippen LogP contribution is -2.26. The normalized spacial score (nSPS) is 10.4. The number of rotatable bonds is 7. The molecule has 34 heavy (non-hydrogen) atoms. The van der Waals surface area contributed by atoms with Gasteiger partial charge in [-0.25, -0.2) is 4.68 Å². The van der Waals surface area contributed by atoms with Gasteiger partial charge in [-0.15, -0.1) is 0 Å². The van der Waals surface area contributed by atoms with Gasteiger partial charge in [-0.2, -0.15) is 5.10 Å². The number of nitrogens with one attached hydrogen (secondary N) is 2. The Kier molecular flexibility index (Phi) is 6.78. The lowest BCUT2D eigenvalue weighted by atomic mass is 10.2. The predicted molar refractivity (Wildman–Crippen MR) is 130 cm³/mol. The van der Waals surface area contributed by atoms with Crippen LogP contribution in [0.4, 0.5) is 11.4 Å². The number of nitrogens with zero attached hydrogens (tertiary/aromatic N) is 2. The van der Waals surface area contributed by atoms with Gasteiger partial charge in [0.15, 0.2) is 12.3 Å². The maximum atomic E-state index is 12.8. The van der Waals surface area contributed by atoms with E-state index in [4.69, 9.17) is 4.74 Å². The van der Waals surface area contributed by atoms with Crippen LogP contribution in [0, 0.1) is 6.92 Å². The fourth-order valence-corrected chi connectivity index (χ4v) is 3.26. The van der Waals surface area contributed by atoms with Crippen molar-refractivity contribution in [3.05, 3.63) is 113 Å². The van der Waals surface area contributed by atoms with Gasteiger partial charge in [0.05, 0.1) is 5.69 Å². The van der Waals surface area contributed by atoms with E-state index in [0.29, 0.717) is 22.8 Å². The van der Waals surface area contributed by atoms with E-state index in [1.807, 2.05) is 48.5 Å². The van der Waals surface area contributed by atoms with Gasteiger partial charge in [-0.1, -0.05) is 42.5 Å². The highest BCUT2D eigenvalue weighted by molar-refractivity contribution is 6.02. The SMILES string of the molecule is Cc1cc(=O)c(C(=O)Nc2cccc(OCC(=O)Nc3ccccc3)c2)nn1-c1ccccc1. The molecule has 0 aliphatic heterocycles. The third-order valence-electron chi connectivity index (χ3n) is 4.84. The molecular weight excluding hydrogens is 432 g/mol. The van der Waals surface area contributed by atoms with Gasteiger partial charge in [0.2, 0.25) is 5.43 Å². The van der Waals surface area contributed by atoms with Crippen molar-refractivity contribution < 1.29 is 14.3 Å². The zero-order valence-corrected chi connectivity index (χ0v) is 18.4. The average Bonchev–Trinajstić information content (AvgIpc) is 2.84. The molecule has 0 unspecified atom stereocenters. The van der Waals surface area contributed by atoms with Crippen LogP contribution in [-0.4, -0.2) is 28.2 Å². The van der Waals surface area contributed by atoms with E-state index in [1.54, 1.807) is 48.0 Å². The maximum Gasteiger partial charge on any atom is 0.280 e. The third kappa shape index (κ3) is 5.55. The first kappa shape index (κ1) is 22.5. The summed E-state index contributed by atoms with van der Waals surface area (Å²) in [7, 11) is 0. The van der Waals surface area contributed by atoms with Crippen molar-refractivity contribution in [3.8, 4) is 11.4 Å². The molecule has 0 radical (unpaired) electrons. The second-order valence-corrected chi connectivity index (χ2v) is 7.43. The summed E-state index contributed by atoms with van der Waals surface area (Å²) in [6.07, 6.45) is 0. The molecule has 0 aliphatic carbocycles. The van der Waals surface area contributed by atoms with Crippen molar-refractivity contribution in [3.63, 3.8) is 0 Å². The standard InChI is InChI=1S/C26H22N4O4/c1-18-15-23(31)25(29-30(18)21-12-6-3-7-13-21)26(33)28-20-11-8-14-22(16-20)34-17-24(32)27-19-9-4-2-5-10-19/h2-16H,17H2,1H3,(H,27,32)(H,28,33). The lowest BCUT2D eigenvalue weighted by Gasteiger charge is -2.12. The molecule has 2 N–H and O–H groups in total. The Bertz CT molecular complexity index is 1370. The minimum Gasteiger partial charge on any atom is -0.484 e. The molecule has 1 heterocycles. The predicted octanol–water partition coefficient (Wildman–Crippen LogP) is 3.81. The molecule has 3 aromatic carbocycles. The maximum absolute atomic E-state index is 12.8. The molecule has 170 valence electrons. The number of amides is 2. The molecule has 4 rings (SSSR count). The second-order valence-electron chi connectivity index (χ2n) is 7.43. The van der Waals surface area contributed by atoms with Crippen molar-refractivity contribution in [1.82, 2.24) is 9.78 Å². The van der Waals surface area contributed by atoms with Crippen molar-refractivity contribution >= 4 is 23.2 Å². The summed E-state index contributed by atoms with van der Waals surface area (Å²) in [6.45, 7) is 1.55. The van der Waals surface area contributed by atoms with Gasteiger partial charge < -0.3 is 15.4 Å². The van der Waals surface area contributed by atoms with Gasteiger partial charge >= 0.3 is 0 Å². The summed E-state index contributed by atoms with van der Waals surface area (Å²) in [4.78, 5) is 37.4. The Balaban J connectivity index is 1.44. The van der Waals surface area contributed by atoms with Gasteiger partial charge in [-0.3, -0.25) is 14.4 Å². The largest absolute Gasteiger partial charge is 0.484 e. The van der Waals surface area contributed by atoms with E-state index in [-0.39, 0.29) is 18.2 Å². The lowest BCUT2D eigenvalue weighted by molar-refractivity contribution is -0.118. The van der Waals surface area contributed by atoms with Gasteiger partial charge in [0.25, 0.3) is 11.8 Å². The number of benzene rings is 3. The molecule has 8 heteroatoms. The first-order valence-electron chi connectivity index (χ1n) is 10.5. The molecule has 0 spiro atoms. The van der Waals surface area contributed by atoms with Crippen LogP contribution in [0.1, 0.15) is 16.2 Å². The summed E-state index contributed by atoms with van der Waals surface area (Å²) in [5.41, 5.74) is 1.70. The van der Waals surface area contributed by atoms with E-state index in [0.717, 1.165) is 5.69 Å². The van der Waals surface area contributed by atoms with Crippen LogP contribution in [0.2, 0.25) is 0 Å². The summed E-state index contributed by atoms with van der Waals surface area (Å²) < 4.78 is 7.08. The van der Waals surface area contributed by atoms with Gasteiger partial charge in [-0.05, 0) is 43.3 Å². The topological polar surface area (TPSA) is 102 Å². The molecule has 0 aliphatic rings. The van der Waals surface area contributed by atoms with Crippen LogP contribution in [0.5, 0.6) is 5.75 Å². The number of carbonyl (C=O) groups is 2. The van der Waals surface area contributed by atoms with Crippen LogP contribution >= 0.6 is 0 Å². The number of hydrogen-bond acceptors (Lipinski definition) is 5. The Hall–Kier alpha value is -4.72. The molecule has 4 aromatic rings. The monoisotopic (exact) mass is 454 g/mol. The van der Waals surface area contributed by atoms with Gasteiger partial charge in [0.1, 0.15) is 5.75 Å². The third-order valence-corrected chi connectivity index (χ3v) is 4.84. The van der Waals surface area contributed by atoms with Crippen LogP contribution in [0.3, 0.4) is 0 Å². The first-order valence-corrected chi connectivity index (χ1v) is 10.5. The Labute approximate surface area is 195 Å². The van der Waals surface area contributed by atoms with Crippen molar-refractivity contribution in [2.75, 3.05) is 17.2 Å². The summed E-state index contributed by atoms with van der Waals surface area (Å²) >= 11 is 0. The highest BCUT2D eigenvalue weighted by Crippen LogP contribution is 2.18. The Morgan fingerprint density at radius 1 is 0.853 bits per heavy atom. The number of para-hydroxylation sites is 2. The number of carbonyl (C=O) groups excluding carboxylic acids is 2. The first-order chi connectivity index (χ1) is 16.5. The minimum atomic E-state index is -0.645. The number of anilines is 2. The van der Waals surface area contributed by atoms with Gasteiger partial charge in [0, 0.05) is 29.2 Å². The zero-order valence-electron chi connectivity index (χ0n) is 18.4. The smallest absolute Gasteiger partial charge is 0.280 e. The fraction of sp³-hybridized carbons (Fsp3) is 0.0769. The molecule has 0 saturated carbocycles. The summed E-state index contributed by atoms with van der Waals surface area (Å²) in [5, 5.41) is 9.67. The number of ether oxygens (including phenoxy) is 1. The molecule has 0 fully saturated rings. The highest BCUT2D eigenvalue weighted by atomic mass is 16.5. The Morgan fingerprint density at radius 3 is 2.26 bits per heavy atom. The molecule has 8 nitrogen and oxygen atoms in total. The van der Waals surface area contributed by atoms with E-state index in [9.17, 15) is 14.4 Å². The number of hydrogen-bond donors (Lipinski definition) is 2. The van der Waals surface area contributed by atoms with Crippen LogP contribution in [0.15, 0.2) is 95.8 Å².